The first kappa shape index (κ1) is 11.1. The van der Waals surface area contributed by atoms with Crippen molar-refractivity contribution >= 4 is 5.91 Å². The monoisotopic (exact) mass is 222 g/mol. The zero-order valence-corrected chi connectivity index (χ0v) is 9.57. The van der Waals surface area contributed by atoms with E-state index in [1.165, 1.54) is 12.8 Å². The molecule has 0 bridgehead atoms. The third kappa shape index (κ3) is 2.82. The number of amides is 1. The van der Waals surface area contributed by atoms with Crippen molar-refractivity contribution in [2.24, 2.45) is 7.05 Å². The molecule has 1 saturated heterocycles. The van der Waals surface area contributed by atoms with Crippen molar-refractivity contribution in [2.45, 2.75) is 25.3 Å². The third-order valence-corrected chi connectivity index (χ3v) is 2.89. The van der Waals surface area contributed by atoms with Crippen LogP contribution in [0.4, 0.5) is 0 Å². The average Bonchev–Trinajstić information content (AvgIpc) is 2.89. The number of carbonyl (C=O) groups is 1. The normalized spacial score (nSPS) is 19.9. The van der Waals surface area contributed by atoms with Gasteiger partial charge in [0.2, 0.25) is 0 Å². The molecule has 0 unspecified atom stereocenters. The van der Waals surface area contributed by atoms with Gasteiger partial charge in [0.25, 0.3) is 5.91 Å². The Labute approximate surface area is 95.2 Å². The largest absolute Gasteiger partial charge is 0.351 e. The van der Waals surface area contributed by atoms with E-state index in [0.717, 1.165) is 13.0 Å². The molecule has 1 fully saturated rings. The number of hydrogen-bond acceptors (Lipinski definition) is 3. The minimum atomic E-state index is -0.0846. The van der Waals surface area contributed by atoms with Crippen LogP contribution in [-0.2, 0) is 7.05 Å². The molecule has 1 atom stereocenters. The van der Waals surface area contributed by atoms with Crippen molar-refractivity contribution in [2.75, 3.05) is 13.1 Å². The van der Waals surface area contributed by atoms with Gasteiger partial charge in [-0.1, -0.05) is 0 Å². The number of carbonyl (C=O) groups excluding carboxylic acids is 1. The molecule has 5 heteroatoms. The smallest absolute Gasteiger partial charge is 0.271 e. The van der Waals surface area contributed by atoms with Crippen molar-refractivity contribution in [3.05, 3.63) is 18.0 Å². The van der Waals surface area contributed by atoms with Gasteiger partial charge in [-0.3, -0.25) is 9.48 Å². The Kier molecular flexibility index (Phi) is 3.56. The van der Waals surface area contributed by atoms with E-state index in [1.54, 1.807) is 24.0 Å². The fourth-order valence-electron chi connectivity index (χ4n) is 1.99. The highest BCUT2D eigenvalue weighted by molar-refractivity contribution is 5.92. The van der Waals surface area contributed by atoms with Crippen LogP contribution in [0.5, 0.6) is 0 Å². The second-order valence-electron chi connectivity index (χ2n) is 4.21. The van der Waals surface area contributed by atoms with Crippen LogP contribution in [0.2, 0.25) is 0 Å². The molecule has 1 aromatic rings. The summed E-state index contributed by atoms with van der Waals surface area (Å²) in [5.74, 6) is -0.0846. The van der Waals surface area contributed by atoms with Crippen molar-refractivity contribution < 1.29 is 4.79 Å². The lowest BCUT2D eigenvalue weighted by atomic mass is 10.1. The summed E-state index contributed by atoms with van der Waals surface area (Å²) in [6, 6.07) is 2.30. The SMILES string of the molecule is Cn1ccc(C(=O)NCC[C@@H]2CCCN2)n1. The summed E-state index contributed by atoms with van der Waals surface area (Å²) in [4.78, 5) is 11.6. The molecule has 2 N–H and O–H groups in total. The van der Waals surface area contributed by atoms with E-state index >= 15 is 0 Å². The standard InChI is InChI=1S/C11H18N4O/c1-15-8-5-10(14-15)11(16)13-7-4-9-3-2-6-12-9/h5,8-9,12H,2-4,6-7H2,1H3,(H,13,16)/t9-/m0/s1. The zero-order valence-electron chi connectivity index (χ0n) is 9.57. The molecular formula is C11H18N4O. The maximum absolute atomic E-state index is 11.6. The molecule has 1 aliphatic rings. The number of aromatic nitrogens is 2. The quantitative estimate of drug-likeness (QED) is 0.770. The number of nitrogens with one attached hydrogen (secondary N) is 2. The molecule has 5 nitrogen and oxygen atoms in total. The highest BCUT2D eigenvalue weighted by Gasteiger charge is 2.14. The van der Waals surface area contributed by atoms with Crippen molar-refractivity contribution in [1.29, 1.82) is 0 Å². The number of nitrogens with zero attached hydrogens (tertiary/aromatic N) is 2. The minimum absolute atomic E-state index is 0.0846. The molecule has 0 saturated carbocycles. The van der Waals surface area contributed by atoms with Crippen LogP contribution in [-0.4, -0.2) is 34.8 Å². The van der Waals surface area contributed by atoms with Crippen molar-refractivity contribution in [3.8, 4) is 0 Å². The highest BCUT2D eigenvalue weighted by atomic mass is 16.1. The first-order valence-corrected chi connectivity index (χ1v) is 5.77. The van der Waals surface area contributed by atoms with Gasteiger partial charge < -0.3 is 10.6 Å². The summed E-state index contributed by atoms with van der Waals surface area (Å²) in [5, 5.41) is 10.3. The Balaban J connectivity index is 1.71. The Morgan fingerprint density at radius 3 is 3.25 bits per heavy atom. The molecule has 2 rings (SSSR count). The lowest BCUT2D eigenvalue weighted by Gasteiger charge is -2.09. The van der Waals surface area contributed by atoms with E-state index in [4.69, 9.17) is 0 Å². The summed E-state index contributed by atoms with van der Waals surface area (Å²) in [6.45, 7) is 1.83. The van der Waals surface area contributed by atoms with Crippen LogP contribution in [0.1, 0.15) is 29.8 Å². The average molecular weight is 222 g/mol. The van der Waals surface area contributed by atoms with Crippen LogP contribution < -0.4 is 10.6 Å². The molecule has 16 heavy (non-hydrogen) atoms. The van der Waals surface area contributed by atoms with Crippen molar-refractivity contribution in [1.82, 2.24) is 20.4 Å². The van der Waals surface area contributed by atoms with Gasteiger partial charge in [-0.15, -0.1) is 0 Å². The third-order valence-electron chi connectivity index (χ3n) is 2.89. The fraction of sp³-hybridized carbons (Fsp3) is 0.636. The topological polar surface area (TPSA) is 59.0 Å². The van der Waals surface area contributed by atoms with Gasteiger partial charge >= 0.3 is 0 Å². The van der Waals surface area contributed by atoms with E-state index in [1.807, 2.05) is 0 Å². The van der Waals surface area contributed by atoms with E-state index < -0.39 is 0 Å². The summed E-state index contributed by atoms with van der Waals surface area (Å²) in [5.41, 5.74) is 0.488. The molecule has 0 aliphatic carbocycles. The van der Waals surface area contributed by atoms with Gasteiger partial charge in [0, 0.05) is 25.8 Å². The van der Waals surface area contributed by atoms with Crippen LogP contribution >= 0.6 is 0 Å². The molecule has 88 valence electrons. The van der Waals surface area contributed by atoms with Gasteiger partial charge in [-0.05, 0) is 31.9 Å². The molecule has 0 radical (unpaired) electrons. The van der Waals surface area contributed by atoms with Crippen LogP contribution in [0.3, 0.4) is 0 Å². The summed E-state index contributed by atoms with van der Waals surface area (Å²) in [7, 11) is 1.80. The first-order valence-electron chi connectivity index (χ1n) is 5.77. The van der Waals surface area contributed by atoms with Crippen LogP contribution in [0.15, 0.2) is 12.3 Å². The molecule has 1 aromatic heterocycles. The van der Waals surface area contributed by atoms with Gasteiger partial charge in [0.1, 0.15) is 5.69 Å². The van der Waals surface area contributed by atoms with Crippen LogP contribution in [0.25, 0.3) is 0 Å². The van der Waals surface area contributed by atoms with E-state index in [2.05, 4.69) is 15.7 Å². The van der Waals surface area contributed by atoms with E-state index in [-0.39, 0.29) is 5.91 Å². The fourth-order valence-corrected chi connectivity index (χ4v) is 1.99. The van der Waals surface area contributed by atoms with Gasteiger partial charge in [-0.25, -0.2) is 0 Å². The maximum Gasteiger partial charge on any atom is 0.271 e. The molecule has 2 heterocycles. The lowest BCUT2D eigenvalue weighted by Crippen LogP contribution is -2.30. The predicted molar refractivity (Wildman–Crippen MR) is 61.2 cm³/mol. The summed E-state index contributed by atoms with van der Waals surface area (Å²) in [6.07, 6.45) is 5.24. The Bertz CT molecular complexity index is 355. The second kappa shape index (κ2) is 5.12. The molecule has 1 aliphatic heterocycles. The first-order chi connectivity index (χ1) is 7.75. The van der Waals surface area contributed by atoms with E-state index in [0.29, 0.717) is 18.3 Å². The van der Waals surface area contributed by atoms with Gasteiger partial charge in [0.05, 0.1) is 0 Å². The Morgan fingerprint density at radius 1 is 1.75 bits per heavy atom. The predicted octanol–water partition coefficient (Wildman–Crippen LogP) is 0.292. The Hall–Kier alpha value is -1.36. The lowest BCUT2D eigenvalue weighted by molar-refractivity contribution is 0.0946. The molecular weight excluding hydrogens is 204 g/mol. The van der Waals surface area contributed by atoms with Crippen molar-refractivity contribution in [3.63, 3.8) is 0 Å². The molecule has 0 spiro atoms. The van der Waals surface area contributed by atoms with E-state index in [9.17, 15) is 4.79 Å². The molecule has 1 amide bonds. The Morgan fingerprint density at radius 2 is 2.62 bits per heavy atom. The maximum atomic E-state index is 11.6. The summed E-state index contributed by atoms with van der Waals surface area (Å²) < 4.78 is 1.63. The highest BCUT2D eigenvalue weighted by Crippen LogP contribution is 2.07. The summed E-state index contributed by atoms with van der Waals surface area (Å²) >= 11 is 0. The second-order valence-corrected chi connectivity index (χ2v) is 4.21. The van der Waals surface area contributed by atoms with Crippen LogP contribution in [0, 0.1) is 0 Å². The number of aryl methyl sites for hydroxylation is 1. The van der Waals surface area contributed by atoms with Gasteiger partial charge in [0.15, 0.2) is 0 Å². The zero-order chi connectivity index (χ0) is 11.4. The number of hydrogen-bond donors (Lipinski definition) is 2. The minimum Gasteiger partial charge on any atom is -0.351 e. The number of rotatable bonds is 4. The van der Waals surface area contributed by atoms with Gasteiger partial charge in [-0.2, -0.15) is 5.10 Å². The molecule has 0 aromatic carbocycles.